The van der Waals surface area contributed by atoms with Gasteiger partial charge < -0.3 is 14.5 Å². The Kier molecular flexibility index (Phi) is 5.31. The molecule has 6 nitrogen and oxygen atoms in total. The van der Waals surface area contributed by atoms with Crippen molar-refractivity contribution in [2.45, 2.75) is 32.3 Å². The summed E-state index contributed by atoms with van der Waals surface area (Å²) in [7, 11) is 0. The second-order valence-electron chi connectivity index (χ2n) is 6.22. The molecule has 1 amide bonds. The van der Waals surface area contributed by atoms with Gasteiger partial charge in [0, 0.05) is 19.5 Å². The van der Waals surface area contributed by atoms with Gasteiger partial charge in [0.2, 0.25) is 6.10 Å². The lowest BCUT2D eigenvalue weighted by Gasteiger charge is -2.32. The number of benzene rings is 1. The molecule has 0 N–H and O–H groups in total. The minimum Gasteiger partial charge on any atom is -0.466 e. The molecule has 0 unspecified atom stereocenters. The SMILES string of the molecule is CCOC(=O)[C@@H]1CCCN(C(=O)[C@@H]2CC(c3ccc(F)cc3)=NO2)C1. The van der Waals surface area contributed by atoms with Gasteiger partial charge in [0.05, 0.1) is 18.2 Å². The zero-order valence-corrected chi connectivity index (χ0v) is 14.1. The lowest BCUT2D eigenvalue weighted by atomic mass is 9.97. The van der Waals surface area contributed by atoms with Crippen molar-refractivity contribution in [1.82, 2.24) is 4.90 Å². The minimum atomic E-state index is -0.694. The van der Waals surface area contributed by atoms with Crippen LogP contribution < -0.4 is 0 Å². The first-order valence-corrected chi connectivity index (χ1v) is 8.52. The van der Waals surface area contributed by atoms with Crippen molar-refractivity contribution in [3.05, 3.63) is 35.6 Å². The molecule has 0 bridgehead atoms. The standard InChI is InChI=1S/C18H21FN2O4/c1-2-24-18(23)13-4-3-9-21(11-13)17(22)16-10-15(20-25-16)12-5-7-14(19)8-6-12/h5-8,13,16H,2-4,9-11H2,1H3/t13-,16+/m1/s1. The maximum Gasteiger partial charge on any atom is 0.310 e. The molecule has 0 aliphatic carbocycles. The van der Waals surface area contributed by atoms with Crippen LogP contribution in [0.2, 0.25) is 0 Å². The second-order valence-corrected chi connectivity index (χ2v) is 6.22. The smallest absolute Gasteiger partial charge is 0.310 e. The van der Waals surface area contributed by atoms with E-state index >= 15 is 0 Å². The number of nitrogens with zero attached hydrogens (tertiary/aromatic N) is 2. The monoisotopic (exact) mass is 348 g/mol. The molecule has 1 saturated heterocycles. The van der Waals surface area contributed by atoms with Crippen molar-refractivity contribution in [2.75, 3.05) is 19.7 Å². The van der Waals surface area contributed by atoms with E-state index in [1.807, 2.05) is 0 Å². The summed E-state index contributed by atoms with van der Waals surface area (Å²) in [5.41, 5.74) is 1.36. The first-order chi connectivity index (χ1) is 12.1. The molecule has 0 aromatic heterocycles. The van der Waals surface area contributed by atoms with Crippen molar-refractivity contribution in [3.8, 4) is 0 Å². The van der Waals surface area contributed by atoms with Crippen LogP contribution in [-0.4, -0.2) is 48.3 Å². The Morgan fingerprint density at radius 3 is 2.84 bits per heavy atom. The van der Waals surface area contributed by atoms with Gasteiger partial charge in [0.25, 0.3) is 5.91 Å². The highest BCUT2D eigenvalue weighted by atomic mass is 19.1. The molecule has 1 aromatic carbocycles. The van der Waals surface area contributed by atoms with E-state index < -0.39 is 6.10 Å². The van der Waals surface area contributed by atoms with Crippen LogP contribution in [0.1, 0.15) is 31.7 Å². The Labute approximate surface area is 145 Å². The van der Waals surface area contributed by atoms with Crippen molar-refractivity contribution < 1.29 is 23.6 Å². The molecule has 2 aliphatic rings. The van der Waals surface area contributed by atoms with E-state index in [0.29, 0.717) is 31.8 Å². The van der Waals surface area contributed by atoms with E-state index in [1.165, 1.54) is 12.1 Å². The highest BCUT2D eigenvalue weighted by molar-refractivity contribution is 6.04. The summed E-state index contributed by atoms with van der Waals surface area (Å²) in [6, 6.07) is 5.92. The molecule has 2 atom stereocenters. The number of amides is 1. The van der Waals surface area contributed by atoms with Crippen molar-refractivity contribution >= 4 is 17.6 Å². The molecule has 7 heteroatoms. The van der Waals surface area contributed by atoms with E-state index in [-0.39, 0.29) is 23.6 Å². The summed E-state index contributed by atoms with van der Waals surface area (Å²) >= 11 is 0. The molecule has 134 valence electrons. The van der Waals surface area contributed by atoms with Gasteiger partial charge >= 0.3 is 5.97 Å². The summed E-state index contributed by atoms with van der Waals surface area (Å²) in [4.78, 5) is 31.5. The highest BCUT2D eigenvalue weighted by Gasteiger charge is 2.36. The summed E-state index contributed by atoms with van der Waals surface area (Å²) in [6.07, 6.45) is 1.13. The molecule has 1 fully saturated rings. The summed E-state index contributed by atoms with van der Waals surface area (Å²) in [5.74, 6) is -1.03. The number of hydrogen-bond acceptors (Lipinski definition) is 5. The van der Waals surface area contributed by atoms with Gasteiger partial charge in [-0.1, -0.05) is 17.3 Å². The summed E-state index contributed by atoms with van der Waals surface area (Å²) in [5, 5.41) is 3.97. The number of piperidine rings is 1. The van der Waals surface area contributed by atoms with Crippen LogP contribution in [-0.2, 0) is 19.2 Å². The molecule has 3 rings (SSSR count). The molecule has 2 heterocycles. The number of esters is 1. The highest BCUT2D eigenvalue weighted by Crippen LogP contribution is 2.23. The number of ether oxygens (including phenoxy) is 1. The van der Waals surface area contributed by atoms with Crippen molar-refractivity contribution in [2.24, 2.45) is 11.1 Å². The fraction of sp³-hybridized carbons (Fsp3) is 0.500. The molecule has 1 aromatic rings. The molecule has 0 spiro atoms. The van der Waals surface area contributed by atoms with Gasteiger partial charge in [0.15, 0.2) is 0 Å². The number of likely N-dealkylation sites (tertiary alicyclic amines) is 1. The number of rotatable bonds is 4. The molecule has 0 radical (unpaired) electrons. The van der Waals surface area contributed by atoms with Gasteiger partial charge in [-0.2, -0.15) is 0 Å². The zero-order valence-electron chi connectivity index (χ0n) is 14.1. The average Bonchev–Trinajstić information content (AvgIpc) is 3.12. The molecular weight excluding hydrogens is 327 g/mol. The van der Waals surface area contributed by atoms with Crippen LogP contribution in [0.3, 0.4) is 0 Å². The van der Waals surface area contributed by atoms with Crippen LogP contribution in [0, 0.1) is 11.7 Å². The van der Waals surface area contributed by atoms with E-state index in [0.717, 1.165) is 18.4 Å². The third-order valence-corrected chi connectivity index (χ3v) is 4.47. The minimum absolute atomic E-state index is 0.171. The topological polar surface area (TPSA) is 68.2 Å². The Bertz CT molecular complexity index is 674. The van der Waals surface area contributed by atoms with Crippen LogP contribution in [0.4, 0.5) is 4.39 Å². The number of hydrogen-bond donors (Lipinski definition) is 0. The van der Waals surface area contributed by atoms with E-state index in [2.05, 4.69) is 5.16 Å². The van der Waals surface area contributed by atoms with Crippen LogP contribution in [0.25, 0.3) is 0 Å². The number of carbonyl (C=O) groups excluding carboxylic acids is 2. The van der Waals surface area contributed by atoms with E-state index in [1.54, 1.807) is 24.0 Å². The van der Waals surface area contributed by atoms with Gasteiger partial charge in [-0.3, -0.25) is 9.59 Å². The van der Waals surface area contributed by atoms with Gasteiger partial charge in [0.1, 0.15) is 5.82 Å². The zero-order chi connectivity index (χ0) is 17.8. The molecule has 2 aliphatic heterocycles. The quantitative estimate of drug-likeness (QED) is 0.782. The first-order valence-electron chi connectivity index (χ1n) is 8.52. The van der Waals surface area contributed by atoms with E-state index in [4.69, 9.17) is 9.57 Å². The Hall–Kier alpha value is -2.44. The third-order valence-electron chi connectivity index (χ3n) is 4.47. The lowest BCUT2D eigenvalue weighted by molar-refractivity contribution is -0.153. The predicted octanol–water partition coefficient (Wildman–Crippen LogP) is 2.12. The number of halogens is 1. The molecular formula is C18H21FN2O4. The summed E-state index contributed by atoms with van der Waals surface area (Å²) < 4.78 is 18.1. The fourth-order valence-corrected chi connectivity index (χ4v) is 3.16. The Balaban J connectivity index is 1.59. The second kappa shape index (κ2) is 7.63. The maximum atomic E-state index is 13.0. The Morgan fingerprint density at radius 1 is 1.36 bits per heavy atom. The van der Waals surface area contributed by atoms with Crippen molar-refractivity contribution in [3.63, 3.8) is 0 Å². The molecule has 25 heavy (non-hydrogen) atoms. The normalized spacial score (nSPS) is 23.0. The Morgan fingerprint density at radius 2 is 2.12 bits per heavy atom. The van der Waals surface area contributed by atoms with Crippen LogP contribution in [0.5, 0.6) is 0 Å². The third kappa shape index (κ3) is 3.97. The number of oxime groups is 1. The first kappa shape index (κ1) is 17.4. The lowest BCUT2D eigenvalue weighted by Crippen LogP contribution is -2.47. The maximum absolute atomic E-state index is 13.0. The average molecular weight is 348 g/mol. The van der Waals surface area contributed by atoms with Gasteiger partial charge in [-0.25, -0.2) is 4.39 Å². The largest absolute Gasteiger partial charge is 0.466 e. The van der Waals surface area contributed by atoms with E-state index in [9.17, 15) is 14.0 Å². The van der Waals surface area contributed by atoms with Crippen LogP contribution in [0.15, 0.2) is 29.4 Å². The summed E-state index contributed by atoms with van der Waals surface area (Å²) in [6.45, 7) is 3.05. The predicted molar refractivity (Wildman–Crippen MR) is 88.4 cm³/mol. The number of carbonyl (C=O) groups is 2. The van der Waals surface area contributed by atoms with Gasteiger partial charge in [-0.05, 0) is 37.5 Å². The van der Waals surface area contributed by atoms with Gasteiger partial charge in [-0.15, -0.1) is 0 Å². The van der Waals surface area contributed by atoms with Crippen LogP contribution >= 0.6 is 0 Å². The molecule has 0 saturated carbocycles. The fourth-order valence-electron chi connectivity index (χ4n) is 3.16. The van der Waals surface area contributed by atoms with Crippen molar-refractivity contribution in [1.29, 1.82) is 0 Å².